The number of aryl methyl sites for hydroxylation is 2. The molecule has 19 heavy (non-hydrogen) atoms. The van der Waals surface area contributed by atoms with Crippen LogP contribution in [0.25, 0.3) is 0 Å². The van der Waals surface area contributed by atoms with Crippen molar-refractivity contribution in [3.63, 3.8) is 0 Å². The molecule has 2 aromatic rings. The summed E-state index contributed by atoms with van der Waals surface area (Å²) in [5.74, 6) is 0. The van der Waals surface area contributed by atoms with Gasteiger partial charge in [0, 0.05) is 11.7 Å². The second-order valence-corrected chi connectivity index (χ2v) is 5.20. The maximum Gasteiger partial charge on any atom is 0.0628 e. The molecule has 102 valence electrons. The van der Waals surface area contributed by atoms with E-state index in [1.807, 2.05) is 4.68 Å². The maximum atomic E-state index is 6.29. The summed E-state index contributed by atoms with van der Waals surface area (Å²) in [6.45, 7) is 9.18. The number of hydrogen-bond acceptors (Lipinski definition) is 2. The molecular formula is C16H23N3. The van der Waals surface area contributed by atoms with Crippen LogP contribution in [-0.4, -0.2) is 9.78 Å². The van der Waals surface area contributed by atoms with E-state index in [2.05, 4.69) is 57.1 Å². The number of nitrogens with zero attached hydrogens (tertiary/aromatic N) is 2. The van der Waals surface area contributed by atoms with Crippen LogP contribution in [0.15, 0.2) is 24.3 Å². The Morgan fingerprint density at radius 1 is 1.16 bits per heavy atom. The molecule has 1 aromatic carbocycles. The third-order valence-corrected chi connectivity index (χ3v) is 3.76. The van der Waals surface area contributed by atoms with Crippen molar-refractivity contribution >= 4 is 0 Å². The molecule has 1 heterocycles. The largest absolute Gasteiger partial charge is 0.322 e. The minimum atomic E-state index is -0.0108. The van der Waals surface area contributed by atoms with E-state index in [1.54, 1.807) is 0 Å². The van der Waals surface area contributed by atoms with E-state index in [0.29, 0.717) is 0 Å². The third kappa shape index (κ3) is 2.87. The Morgan fingerprint density at radius 2 is 1.79 bits per heavy atom. The molecule has 0 saturated heterocycles. The van der Waals surface area contributed by atoms with Gasteiger partial charge in [-0.25, -0.2) is 0 Å². The van der Waals surface area contributed by atoms with Crippen LogP contribution >= 0.6 is 0 Å². The summed E-state index contributed by atoms with van der Waals surface area (Å²) in [7, 11) is 0. The summed E-state index contributed by atoms with van der Waals surface area (Å²) in [5, 5.41) is 4.60. The van der Waals surface area contributed by atoms with Gasteiger partial charge in [-0.1, -0.05) is 36.8 Å². The van der Waals surface area contributed by atoms with Gasteiger partial charge in [-0.3, -0.25) is 4.68 Å². The van der Waals surface area contributed by atoms with Gasteiger partial charge in [0.2, 0.25) is 0 Å². The predicted octanol–water partition coefficient (Wildman–Crippen LogP) is 3.07. The highest BCUT2D eigenvalue weighted by atomic mass is 15.3. The smallest absolute Gasteiger partial charge is 0.0628 e. The number of nitrogens with two attached hydrogens (primary N) is 1. The van der Waals surface area contributed by atoms with Gasteiger partial charge in [0.25, 0.3) is 0 Å². The van der Waals surface area contributed by atoms with E-state index in [1.165, 1.54) is 16.8 Å². The molecule has 0 radical (unpaired) electrons. The Kier molecular flexibility index (Phi) is 4.05. The van der Waals surface area contributed by atoms with Crippen LogP contribution < -0.4 is 5.73 Å². The van der Waals surface area contributed by atoms with Gasteiger partial charge in [0.15, 0.2) is 0 Å². The summed E-state index contributed by atoms with van der Waals surface area (Å²) < 4.78 is 2.04. The van der Waals surface area contributed by atoms with Crippen molar-refractivity contribution < 1.29 is 0 Å². The van der Waals surface area contributed by atoms with Crippen molar-refractivity contribution in [2.75, 3.05) is 0 Å². The Bertz CT molecular complexity index is 552. The predicted molar refractivity (Wildman–Crippen MR) is 79.2 cm³/mol. The van der Waals surface area contributed by atoms with Crippen LogP contribution in [0.5, 0.6) is 0 Å². The van der Waals surface area contributed by atoms with Crippen molar-refractivity contribution in [2.24, 2.45) is 5.73 Å². The standard InChI is InChI=1S/C16H23N3/c1-5-15-12(3)18-19(13(15)4)10-16(17)14-8-6-11(2)7-9-14/h6-9,16H,5,10,17H2,1-4H3. The topological polar surface area (TPSA) is 43.8 Å². The first-order valence-corrected chi connectivity index (χ1v) is 6.88. The molecule has 0 bridgehead atoms. The highest BCUT2D eigenvalue weighted by molar-refractivity contribution is 5.26. The normalized spacial score (nSPS) is 12.7. The third-order valence-electron chi connectivity index (χ3n) is 3.76. The highest BCUT2D eigenvalue weighted by Gasteiger charge is 2.13. The average molecular weight is 257 g/mol. The molecule has 0 aliphatic carbocycles. The second-order valence-electron chi connectivity index (χ2n) is 5.20. The van der Waals surface area contributed by atoms with Gasteiger partial charge in [0.05, 0.1) is 12.2 Å². The van der Waals surface area contributed by atoms with E-state index >= 15 is 0 Å². The van der Waals surface area contributed by atoms with Gasteiger partial charge < -0.3 is 5.73 Å². The SMILES string of the molecule is CCc1c(C)nn(CC(N)c2ccc(C)cc2)c1C. The molecule has 1 unspecified atom stereocenters. The number of hydrogen-bond donors (Lipinski definition) is 1. The maximum absolute atomic E-state index is 6.29. The molecule has 0 fully saturated rings. The lowest BCUT2D eigenvalue weighted by Gasteiger charge is -2.14. The Labute approximate surface area is 115 Å². The average Bonchev–Trinajstić information content (AvgIpc) is 2.64. The molecule has 1 aromatic heterocycles. The summed E-state index contributed by atoms with van der Waals surface area (Å²) in [4.78, 5) is 0. The zero-order valence-electron chi connectivity index (χ0n) is 12.3. The monoisotopic (exact) mass is 257 g/mol. The van der Waals surface area contributed by atoms with Crippen LogP contribution in [0, 0.1) is 20.8 Å². The molecule has 2 rings (SSSR count). The molecule has 3 nitrogen and oxygen atoms in total. The summed E-state index contributed by atoms with van der Waals surface area (Å²) >= 11 is 0. The van der Waals surface area contributed by atoms with E-state index < -0.39 is 0 Å². The molecule has 0 aliphatic heterocycles. The Morgan fingerprint density at radius 3 is 2.32 bits per heavy atom. The van der Waals surface area contributed by atoms with Crippen LogP contribution in [0.1, 0.15) is 41.0 Å². The van der Waals surface area contributed by atoms with Crippen molar-refractivity contribution in [1.82, 2.24) is 9.78 Å². The van der Waals surface area contributed by atoms with E-state index in [0.717, 1.165) is 24.2 Å². The van der Waals surface area contributed by atoms with E-state index in [-0.39, 0.29) is 6.04 Å². The highest BCUT2D eigenvalue weighted by Crippen LogP contribution is 2.18. The van der Waals surface area contributed by atoms with Crippen molar-refractivity contribution in [3.05, 3.63) is 52.3 Å². The minimum absolute atomic E-state index is 0.0108. The zero-order chi connectivity index (χ0) is 14.0. The Hall–Kier alpha value is -1.61. The van der Waals surface area contributed by atoms with E-state index in [9.17, 15) is 0 Å². The van der Waals surface area contributed by atoms with Gasteiger partial charge >= 0.3 is 0 Å². The summed E-state index contributed by atoms with van der Waals surface area (Å²) in [5.41, 5.74) is 12.4. The van der Waals surface area contributed by atoms with Gasteiger partial charge in [-0.2, -0.15) is 5.10 Å². The fraction of sp³-hybridized carbons (Fsp3) is 0.438. The molecule has 1 atom stereocenters. The molecule has 3 heteroatoms. The molecule has 0 saturated carbocycles. The van der Waals surface area contributed by atoms with Gasteiger partial charge in [-0.05, 0) is 38.3 Å². The molecule has 2 N–H and O–H groups in total. The summed E-state index contributed by atoms with van der Waals surface area (Å²) in [6, 6.07) is 8.41. The fourth-order valence-corrected chi connectivity index (χ4v) is 2.53. The van der Waals surface area contributed by atoms with Crippen LogP contribution in [-0.2, 0) is 13.0 Å². The Balaban J connectivity index is 2.19. The molecule has 0 spiro atoms. The van der Waals surface area contributed by atoms with Crippen molar-refractivity contribution in [3.8, 4) is 0 Å². The lowest BCUT2D eigenvalue weighted by molar-refractivity contribution is 0.514. The number of benzene rings is 1. The quantitative estimate of drug-likeness (QED) is 0.914. The van der Waals surface area contributed by atoms with Gasteiger partial charge in [0.1, 0.15) is 0 Å². The van der Waals surface area contributed by atoms with Gasteiger partial charge in [-0.15, -0.1) is 0 Å². The molecule has 0 amide bonds. The second kappa shape index (κ2) is 5.57. The summed E-state index contributed by atoms with van der Waals surface area (Å²) in [6.07, 6.45) is 1.03. The van der Waals surface area contributed by atoms with Crippen LogP contribution in [0.3, 0.4) is 0 Å². The van der Waals surface area contributed by atoms with E-state index in [4.69, 9.17) is 5.73 Å². The molecular weight excluding hydrogens is 234 g/mol. The fourth-order valence-electron chi connectivity index (χ4n) is 2.53. The number of rotatable bonds is 4. The molecule has 0 aliphatic rings. The first kappa shape index (κ1) is 13.8. The first-order chi connectivity index (χ1) is 9.02. The lowest BCUT2D eigenvalue weighted by atomic mass is 10.1. The zero-order valence-corrected chi connectivity index (χ0v) is 12.3. The van der Waals surface area contributed by atoms with Crippen LogP contribution in [0.4, 0.5) is 0 Å². The van der Waals surface area contributed by atoms with Crippen molar-refractivity contribution in [1.29, 1.82) is 0 Å². The first-order valence-electron chi connectivity index (χ1n) is 6.88. The van der Waals surface area contributed by atoms with Crippen molar-refractivity contribution in [2.45, 2.75) is 46.7 Å². The number of aromatic nitrogens is 2. The minimum Gasteiger partial charge on any atom is -0.322 e. The lowest BCUT2D eigenvalue weighted by Crippen LogP contribution is -2.19. The van der Waals surface area contributed by atoms with Crippen LogP contribution in [0.2, 0.25) is 0 Å².